The molecule has 0 amide bonds. The number of rotatable bonds is 3. The molecule has 0 aromatic rings. The van der Waals surface area contributed by atoms with Crippen LogP contribution in [0.2, 0.25) is 0 Å². The third kappa shape index (κ3) is 36.4. The first-order valence-corrected chi connectivity index (χ1v) is 3.51. The minimum Gasteiger partial charge on any atom is -1.00 e. The van der Waals surface area contributed by atoms with E-state index < -0.39 is 0 Å². The molecule has 0 heterocycles. The third-order valence-corrected chi connectivity index (χ3v) is 0.632. The van der Waals surface area contributed by atoms with Gasteiger partial charge in [-0.15, -0.1) is 0 Å². The van der Waals surface area contributed by atoms with E-state index in [1.165, 1.54) is 0 Å². The molecule has 0 aliphatic carbocycles. The van der Waals surface area contributed by atoms with Crippen molar-refractivity contribution in [2.75, 3.05) is 19.8 Å². The Hall–Kier alpha value is 0.920. The summed E-state index contributed by atoms with van der Waals surface area (Å²) in [5, 5.41) is 7.88. The molecule has 0 fully saturated rings. The summed E-state index contributed by atoms with van der Waals surface area (Å²) in [6, 6.07) is 0. The first-order valence-electron chi connectivity index (χ1n) is 3.51. The number of aliphatic hydroxyl groups is 1. The molecule has 0 spiro atoms. The van der Waals surface area contributed by atoms with E-state index in [0.717, 1.165) is 19.6 Å². The van der Waals surface area contributed by atoms with Gasteiger partial charge in [-0.25, -0.2) is 0 Å². The van der Waals surface area contributed by atoms with Gasteiger partial charge in [-0.2, -0.15) is 0 Å². The Bertz CT molecular complexity index is 35.6. The summed E-state index contributed by atoms with van der Waals surface area (Å²) in [5.41, 5.74) is 0. The summed E-state index contributed by atoms with van der Waals surface area (Å²) >= 11 is 0. The monoisotopic (exact) mass is 158 g/mol. The topological polar surface area (TPSA) is 29.5 Å². The molecule has 0 unspecified atom stereocenters. The zero-order valence-corrected chi connectivity index (χ0v) is 9.68. The third-order valence-electron chi connectivity index (χ3n) is 0.632. The van der Waals surface area contributed by atoms with E-state index in [9.17, 15) is 0 Å². The number of hydrogen-bond acceptors (Lipinski definition) is 2. The molecule has 0 radical (unpaired) electrons. The summed E-state index contributed by atoms with van der Waals surface area (Å²) in [4.78, 5) is 0. The SMILES string of the molecule is CCCO.CCOCC.[H-].[Na+]. The Morgan fingerprint density at radius 3 is 1.50 bits per heavy atom. The minimum atomic E-state index is 0. The van der Waals surface area contributed by atoms with Crippen LogP contribution in [0.4, 0.5) is 0 Å². The van der Waals surface area contributed by atoms with Gasteiger partial charge in [-0.3, -0.25) is 0 Å². The fraction of sp³-hybridized carbons (Fsp3) is 1.00. The van der Waals surface area contributed by atoms with Crippen LogP contribution in [-0.2, 0) is 4.74 Å². The molecule has 60 valence electrons. The molecule has 0 saturated heterocycles. The Morgan fingerprint density at radius 1 is 1.20 bits per heavy atom. The summed E-state index contributed by atoms with van der Waals surface area (Å²) in [5.74, 6) is 0. The zero-order valence-electron chi connectivity index (χ0n) is 8.68. The molecule has 0 aromatic heterocycles. The Kier molecular flexibility index (Phi) is 38.6. The van der Waals surface area contributed by atoms with E-state index in [-0.39, 0.29) is 31.0 Å². The van der Waals surface area contributed by atoms with Crippen molar-refractivity contribution in [2.45, 2.75) is 27.2 Å². The van der Waals surface area contributed by atoms with Crippen molar-refractivity contribution in [2.24, 2.45) is 0 Å². The maximum Gasteiger partial charge on any atom is 1.00 e. The molecule has 0 aromatic carbocycles. The van der Waals surface area contributed by atoms with E-state index in [1.54, 1.807) is 0 Å². The van der Waals surface area contributed by atoms with Crippen molar-refractivity contribution in [1.29, 1.82) is 0 Å². The van der Waals surface area contributed by atoms with Gasteiger partial charge in [0, 0.05) is 19.8 Å². The first-order chi connectivity index (χ1) is 4.33. The molecule has 0 rings (SSSR count). The van der Waals surface area contributed by atoms with E-state index in [4.69, 9.17) is 9.84 Å². The van der Waals surface area contributed by atoms with Crippen molar-refractivity contribution in [1.82, 2.24) is 0 Å². The predicted molar refractivity (Wildman–Crippen MR) is 40.7 cm³/mol. The standard InChI is InChI=1S/C4H10O.C3H8O.Na.H/c1-3-5-4-2;1-2-3-4;;/h3-4H2,1-2H3;4H,2-3H2,1H3;;/q;;+1;-1. The van der Waals surface area contributed by atoms with Crippen LogP contribution >= 0.6 is 0 Å². The van der Waals surface area contributed by atoms with Gasteiger partial charge in [0.15, 0.2) is 0 Å². The summed E-state index contributed by atoms with van der Waals surface area (Å²) in [6.45, 7) is 7.92. The smallest absolute Gasteiger partial charge is 1.00 e. The Balaban J connectivity index is -0.0000000383. The van der Waals surface area contributed by atoms with Crippen molar-refractivity contribution in [3.8, 4) is 0 Å². The molecule has 10 heavy (non-hydrogen) atoms. The zero-order chi connectivity index (χ0) is 7.54. The molecule has 0 aliphatic heterocycles. The Labute approximate surface area is 87.7 Å². The van der Waals surface area contributed by atoms with Gasteiger partial charge in [-0.05, 0) is 20.3 Å². The van der Waals surface area contributed by atoms with Gasteiger partial charge < -0.3 is 11.3 Å². The number of aliphatic hydroxyl groups excluding tert-OH is 1. The molecule has 0 aliphatic rings. The maximum atomic E-state index is 7.88. The van der Waals surface area contributed by atoms with Crippen LogP contribution in [0.15, 0.2) is 0 Å². The quantitative estimate of drug-likeness (QED) is 0.509. The predicted octanol–water partition coefficient (Wildman–Crippen LogP) is -1.45. The van der Waals surface area contributed by atoms with Crippen LogP contribution in [-0.4, -0.2) is 24.9 Å². The van der Waals surface area contributed by atoms with Gasteiger partial charge in [0.25, 0.3) is 0 Å². The molecule has 1 N–H and O–H groups in total. The number of ether oxygens (including phenoxy) is 1. The summed E-state index contributed by atoms with van der Waals surface area (Å²) in [6.07, 6.45) is 0.875. The van der Waals surface area contributed by atoms with Crippen LogP contribution in [0.3, 0.4) is 0 Å². The maximum absolute atomic E-state index is 7.88. The van der Waals surface area contributed by atoms with Crippen molar-refractivity contribution in [3.63, 3.8) is 0 Å². The molecule has 0 bridgehead atoms. The van der Waals surface area contributed by atoms with E-state index in [0.29, 0.717) is 6.61 Å². The van der Waals surface area contributed by atoms with Gasteiger partial charge >= 0.3 is 29.6 Å². The molecular weight excluding hydrogens is 139 g/mol. The van der Waals surface area contributed by atoms with E-state index in [2.05, 4.69) is 0 Å². The Morgan fingerprint density at radius 2 is 1.50 bits per heavy atom. The average Bonchev–Trinajstić information content (AvgIpc) is 1.91. The fourth-order valence-corrected chi connectivity index (χ4v) is 0.204. The van der Waals surface area contributed by atoms with Crippen molar-refractivity contribution in [3.05, 3.63) is 0 Å². The number of hydrogen-bond donors (Lipinski definition) is 1. The van der Waals surface area contributed by atoms with Gasteiger partial charge in [-0.1, -0.05) is 6.92 Å². The van der Waals surface area contributed by atoms with Crippen LogP contribution in [0.1, 0.15) is 28.6 Å². The van der Waals surface area contributed by atoms with Crippen LogP contribution in [0.5, 0.6) is 0 Å². The normalized spacial score (nSPS) is 7.20. The van der Waals surface area contributed by atoms with E-state index >= 15 is 0 Å². The second-order valence-corrected chi connectivity index (χ2v) is 1.51. The largest absolute Gasteiger partial charge is 1.00 e. The molecule has 3 heteroatoms. The second kappa shape index (κ2) is 22.5. The first kappa shape index (κ1) is 17.1. The molecule has 0 saturated carbocycles. The van der Waals surface area contributed by atoms with Crippen LogP contribution in [0, 0.1) is 0 Å². The van der Waals surface area contributed by atoms with Gasteiger partial charge in [0.05, 0.1) is 0 Å². The van der Waals surface area contributed by atoms with Gasteiger partial charge in [0.1, 0.15) is 0 Å². The fourth-order valence-electron chi connectivity index (χ4n) is 0.204. The van der Waals surface area contributed by atoms with Crippen molar-refractivity contribution >= 4 is 0 Å². The van der Waals surface area contributed by atoms with Crippen molar-refractivity contribution < 1.29 is 40.8 Å². The molecule has 2 nitrogen and oxygen atoms in total. The van der Waals surface area contributed by atoms with Crippen LogP contribution < -0.4 is 29.6 Å². The summed E-state index contributed by atoms with van der Waals surface area (Å²) in [7, 11) is 0. The molecular formula is C7H19NaO2. The average molecular weight is 158 g/mol. The molecule has 0 atom stereocenters. The van der Waals surface area contributed by atoms with E-state index in [1.807, 2.05) is 20.8 Å². The second-order valence-electron chi connectivity index (χ2n) is 1.51. The summed E-state index contributed by atoms with van der Waals surface area (Å²) < 4.78 is 4.83. The van der Waals surface area contributed by atoms with Gasteiger partial charge in [0.2, 0.25) is 0 Å². The minimum absolute atomic E-state index is 0. The van der Waals surface area contributed by atoms with Crippen LogP contribution in [0.25, 0.3) is 0 Å².